The number of nitrogens with zero attached hydrogens (tertiary/aromatic N) is 2. The highest BCUT2D eigenvalue weighted by Crippen LogP contribution is 2.19. The van der Waals surface area contributed by atoms with Crippen LogP contribution in [0.4, 0.5) is 0 Å². The molecular weight excluding hydrogens is 276 g/mol. The second-order valence-corrected chi connectivity index (χ2v) is 7.33. The Bertz CT molecular complexity index is 330. The van der Waals surface area contributed by atoms with E-state index < -0.39 is 0 Å². The fraction of sp³-hybridized carbons (Fsp3) is 0.833. The van der Waals surface area contributed by atoms with Crippen LogP contribution < -0.4 is 0 Å². The summed E-state index contributed by atoms with van der Waals surface area (Å²) in [5, 5.41) is 0. The number of hydrogen-bond donors (Lipinski definition) is 0. The number of morpholine rings is 1. The van der Waals surface area contributed by atoms with Crippen LogP contribution in [0.15, 0.2) is 12.7 Å². The summed E-state index contributed by atoms with van der Waals surface area (Å²) >= 11 is 0. The van der Waals surface area contributed by atoms with Gasteiger partial charge in [0.25, 0.3) is 0 Å². The van der Waals surface area contributed by atoms with Crippen molar-refractivity contribution in [2.45, 2.75) is 46.5 Å². The molecule has 0 aromatic heterocycles. The van der Waals surface area contributed by atoms with E-state index in [0.717, 1.165) is 65.2 Å². The first-order chi connectivity index (χ1) is 10.4. The molecule has 128 valence electrons. The molecule has 4 nitrogen and oxygen atoms in total. The van der Waals surface area contributed by atoms with Gasteiger partial charge in [0.1, 0.15) is 0 Å². The van der Waals surface area contributed by atoms with Crippen molar-refractivity contribution in [3.63, 3.8) is 0 Å². The summed E-state index contributed by atoms with van der Waals surface area (Å²) in [7, 11) is 0. The Labute approximate surface area is 136 Å². The van der Waals surface area contributed by atoms with Crippen LogP contribution in [0.3, 0.4) is 0 Å². The van der Waals surface area contributed by atoms with E-state index >= 15 is 0 Å². The van der Waals surface area contributed by atoms with E-state index in [1.807, 2.05) is 6.08 Å². The molecule has 0 atom stereocenters. The third kappa shape index (κ3) is 8.54. The average molecular weight is 310 g/mol. The van der Waals surface area contributed by atoms with Crippen LogP contribution in [0.5, 0.6) is 0 Å². The van der Waals surface area contributed by atoms with Gasteiger partial charge in [0.15, 0.2) is 0 Å². The molecular formula is C18H34N2O2. The first-order valence-electron chi connectivity index (χ1n) is 8.61. The molecule has 1 heterocycles. The molecule has 0 aliphatic carbocycles. The molecule has 0 aromatic rings. The lowest BCUT2D eigenvalue weighted by atomic mass is 9.92. The fourth-order valence-electron chi connectivity index (χ4n) is 2.47. The number of carbonyl (C=O) groups excluding carboxylic acids is 1. The van der Waals surface area contributed by atoms with Crippen molar-refractivity contribution in [1.29, 1.82) is 0 Å². The van der Waals surface area contributed by atoms with Gasteiger partial charge < -0.3 is 9.64 Å². The predicted octanol–water partition coefficient (Wildman–Crippen LogP) is 2.94. The zero-order chi connectivity index (χ0) is 16.4. The number of ether oxygens (including phenoxy) is 1. The van der Waals surface area contributed by atoms with Gasteiger partial charge in [-0.2, -0.15) is 0 Å². The Morgan fingerprint density at radius 3 is 2.55 bits per heavy atom. The van der Waals surface area contributed by atoms with Gasteiger partial charge >= 0.3 is 0 Å². The molecule has 0 bridgehead atoms. The van der Waals surface area contributed by atoms with Gasteiger partial charge in [-0.25, -0.2) is 0 Å². The van der Waals surface area contributed by atoms with Crippen LogP contribution in [0.2, 0.25) is 0 Å². The maximum Gasteiger partial charge on any atom is 0.222 e. The van der Waals surface area contributed by atoms with Gasteiger partial charge in [-0.15, -0.1) is 6.58 Å². The SMILES string of the molecule is C=CCCCC(=O)N(CCN1CCOCC1)CCC(C)(C)C. The molecule has 1 rings (SSSR count). The van der Waals surface area contributed by atoms with Crippen LogP contribution in [-0.2, 0) is 9.53 Å². The minimum absolute atomic E-state index is 0.263. The first-order valence-corrected chi connectivity index (χ1v) is 8.61. The smallest absolute Gasteiger partial charge is 0.222 e. The lowest BCUT2D eigenvalue weighted by Crippen LogP contribution is -2.43. The molecule has 1 aliphatic rings. The molecule has 0 saturated carbocycles. The van der Waals surface area contributed by atoms with Crippen LogP contribution >= 0.6 is 0 Å². The van der Waals surface area contributed by atoms with E-state index in [-0.39, 0.29) is 5.41 Å². The fourth-order valence-corrected chi connectivity index (χ4v) is 2.47. The molecule has 0 spiro atoms. The van der Waals surface area contributed by atoms with Crippen molar-refractivity contribution in [3.05, 3.63) is 12.7 Å². The molecule has 0 unspecified atom stereocenters. The molecule has 1 aliphatic heterocycles. The Kier molecular flexibility index (Phi) is 8.72. The minimum atomic E-state index is 0.263. The van der Waals surface area contributed by atoms with Gasteiger partial charge in [0, 0.05) is 39.1 Å². The number of allylic oxidation sites excluding steroid dienone is 1. The molecule has 0 aromatic carbocycles. The van der Waals surface area contributed by atoms with Crippen LogP contribution in [0, 0.1) is 5.41 Å². The molecule has 22 heavy (non-hydrogen) atoms. The van der Waals surface area contributed by atoms with Crippen molar-refractivity contribution < 1.29 is 9.53 Å². The number of rotatable bonds is 9. The van der Waals surface area contributed by atoms with Crippen molar-refractivity contribution in [3.8, 4) is 0 Å². The zero-order valence-corrected chi connectivity index (χ0v) is 14.8. The largest absolute Gasteiger partial charge is 0.379 e. The Balaban J connectivity index is 2.44. The van der Waals surface area contributed by atoms with E-state index in [0.29, 0.717) is 12.3 Å². The average Bonchev–Trinajstić information content (AvgIpc) is 2.47. The van der Waals surface area contributed by atoms with Crippen molar-refractivity contribution >= 4 is 5.91 Å². The summed E-state index contributed by atoms with van der Waals surface area (Å²) in [6.45, 7) is 16.7. The van der Waals surface area contributed by atoms with E-state index in [1.54, 1.807) is 0 Å². The zero-order valence-electron chi connectivity index (χ0n) is 14.8. The summed E-state index contributed by atoms with van der Waals surface area (Å²) < 4.78 is 5.38. The molecule has 1 fully saturated rings. The van der Waals surface area contributed by atoms with Crippen molar-refractivity contribution in [1.82, 2.24) is 9.80 Å². The lowest BCUT2D eigenvalue weighted by Gasteiger charge is -2.31. The van der Waals surface area contributed by atoms with Gasteiger partial charge in [0.05, 0.1) is 13.2 Å². The van der Waals surface area contributed by atoms with Crippen LogP contribution in [-0.4, -0.2) is 61.6 Å². The quantitative estimate of drug-likeness (QED) is 0.485. The summed E-state index contributed by atoms with van der Waals surface area (Å²) in [6, 6.07) is 0. The maximum absolute atomic E-state index is 12.5. The van der Waals surface area contributed by atoms with E-state index in [2.05, 4.69) is 37.1 Å². The summed E-state index contributed by atoms with van der Waals surface area (Å²) in [4.78, 5) is 16.9. The van der Waals surface area contributed by atoms with Gasteiger partial charge in [-0.3, -0.25) is 9.69 Å². The Morgan fingerprint density at radius 1 is 1.27 bits per heavy atom. The highest BCUT2D eigenvalue weighted by Gasteiger charge is 2.19. The summed E-state index contributed by atoms with van der Waals surface area (Å²) in [5.74, 6) is 0.291. The van der Waals surface area contributed by atoms with Gasteiger partial charge in [0.2, 0.25) is 5.91 Å². The van der Waals surface area contributed by atoms with Gasteiger partial charge in [-0.1, -0.05) is 26.8 Å². The first kappa shape index (κ1) is 19.2. The predicted molar refractivity (Wildman–Crippen MR) is 92.0 cm³/mol. The molecule has 0 radical (unpaired) electrons. The topological polar surface area (TPSA) is 32.8 Å². The number of unbranched alkanes of at least 4 members (excludes halogenated alkanes) is 1. The van der Waals surface area contributed by atoms with E-state index in [1.165, 1.54) is 0 Å². The maximum atomic E-state index is 12.5. The third-order valence-corrected chi connectivity index (χ3v) is 4.07. The Hall–Kier alpha value is -0.870. The highest BCUT2D eigenvalue weighted by atomic mass is 16.5. The molecule has 0 N–H and O–H groups in total. The third-order valence-electron chi connectivity index (χ3n) is 4.07. The molecule has 4 heteroatoms. The van der Waals surface area contributed by atoms with Gasteiger partial charge in [-0.05, 0) is 24.7 Å². The Morgan fingerprint density at radius 2 is 1.95 bits per heavy atom. The van der Waals surface area contributed by atoms with Crippen molar-refractivity contribution in [2.24, 2.45) is 5.41 Å². The van der Waals surface area contributed by atoms with Crippen LogP contribution in [0.25, 0.3) is 0 Å². The second-order valence-electron chi connectivity index (χ2n) is 7.33. The molecule has 1 amide bonds. The highest BCUT2D eigenvalue weighted by molar-refractivity contribution is 5.76. The second kappa shape index (κ2) is 10.0. The molecule has 1 saturated heterocycles. The summed E-state index contributed by atoms with van der Waals surface area (Å²) in [6.07, 6.45) is 5.40. The standard InChI is InChI=1S/C18H34N2O2/c1-5-6-7-8-17(21)20(10-9-18(2,3)4)12-11-19-13-15-22-16-14-19/h5H,1,6-16H2,2-4H3. The number of hydrogen-bond acceptors (Lipinski definition) is 3. The minimum Gasteiger partial charge on any atom is -0.379 e. The number of carbonyl (C=O) groups is 1. The number of amides is 1. The summed E-state index contributed by atoms with van der Waals surface area (Å²) in [5.41, 5.74) is 0.263. The lowest BCUT2D eigenvalue weighted by molar-refractivity contribution is -0.132. The monoisotopic (exact) mass is 310 g/mol. The van der Waals surface area contributed by atoms with E-state index in [4.69, 9.17) is 4.74 Å². The van der Waals surface area contributed by atoms with E-state index in [9.17, 15) is 4.79 Å². The van der Waals surface area contributed by atoms with Crippen molar-refractivity contribution in [2.75, 3.05) is 45.9 Å². The normalized spacial score (nSPS) is 16.5. The van der Waals surface area contributed by atoms with Crippen LogP contribution in [0.1, 0.15) is 46.5 Å².